The van der Waals surface area contributed by atoms with E-state index in [0.717, 1.165) is 44.0 Å². The summed E-state index contributed by atoms with van der Waals surface area (Å²) < 4.78 is 1.88. The van der Waals surface area contributed by atoms with Crippen LogP contribution in [-0.4, -0.2) is 69.4 Å². The minimum Gasteiger partial charge on any atom is -0.392 e. The molecule has 6 nitrogen and oxygen atoms in total. The van der Waals surface area contributed by atoms with Crippen molar-refractivity contribution in [3.8, 4) is 0 Å². The first kappa shape index (κ1) is 17.0. The van der Waals surface area contributed by atoms with Crippen LogP contribution in [0.5, 0.6) is 0 Å². The molecule has 2 rings (SSSR count). The number of carbonyl (C=O) groups excluding carboxylic acids is 1. The number of β-amino-alcohol motifs (C(OH)–C–C–N with tert-alkyl or cyclic N) is 1. The fourth-order valence-electron chi connectivity index (χ4n) is 3.12. The topological polar surface area (TPSA) is 61.6 Å². The predicted molar refractivity (Wildman–Crippen MR) is 85.7 cm³/mol. The SMILES string of the molecule is Cc1nn(C)c(C)c1CCC(=O)N1CCN(C[C@H](C)O)CC1. The molecule has 124 valence electrons. The summed E-state index contributed by atoms with van der Waals surface area (Å²) in [5.74, 6) is 0.222. The van der Waals surface area contributed by atoms with Gasteiger partial charge in [-0.2, -0.15) is 5.10 Å². The second kappa shape index (κ2) is 7.24. The van der Waals surface area contributed by atoms with Gasteiger partial charge >= 0.3 is 0 Å². The molecule has 1 aliphatic rings. The lowest BCUT2D eigenvalue weighted by atomic mass is 10.1. The molecule has 1 aromatic heterocycles. The van der Waals surface area contributed by atoms with E-state index in [1.165, 1.54) is 5.56 Å². The van der Waals surface area contributed by atoms with Gasteiger partial charge in [0.1, 0.15) is 0 Å². The van der Waals surface area contributed by atoms with Crippen LogP contribution in [0.2, 0.25) is 0 Å². The van der Waals surface area contributed by atoms with E-state index in [4.69, 9.17) is 0 Å². The molecule has 0 aliphatic carbocycles. The zero-order valence-corrected chi connectivity index (χ0v) is 14.2. The molecule has 1 N–H and O–H groups in total. The van der Waals surface area contributed by atoms with Gasteiger partial charge in [0.05, 0.1) is 11.8 Å². The normalized spacial score (nSPS) is 17.8. The molecule has 0 bridgehead atoms. The van der Waals surface area contributed by atoms with Crippen LogP contribution in [0, 0.1) is 13.8 Å². The van der Waals surface area contributed by atoms with E-state index in [-0.39, 0.29) is 12.0 Å². The monoisotopic (exact) mass is 308 g/mol. The van der Waals surface area contributed by atoms with Crippen molar-refractivity contribution in [2.75, 3.05) is 32.7 Å². The fraction of sp³-hybridized carbons (Fsp3) is 0.750. The lowest BCUT2D eigenvalue weighted by molar-refractivity contribution is -0.133. The molecule has 1 aliphatic heterocycles. The van der Waals surface area contributed by atoms with E-state index in [1.54, 1.807) is 6.92 Å². The standard InChI is InChI=1S/C16H28N4O2/c1-12(21)11-19-7-9-20(10-8-19)16(22)6-5-15-13(2)17-18(4)14(15)3/h12,21H,5-11H2,1-4H3/t12-/m0/s1. The average molecular weight is 308 g/mol. The number of hydrogen-bond acceptors (Lipinski definition) is 4. The Bertz CT molecular complexity index is 516. The number of aliphatic hydroxyl groups excluding tert-OH is 1. The summed E-state index contributed by atoms with van der Waals surface area (Å²) in [6.45, 7) is 9.76. The van der Waals surface area contributed by atoms with Gasteiger partial charge < -0.3 is 10.0 Å². The van der Waals surface area contributed by atoms with Gasteiger partial charge in [-0.15, -0.1) is 0 Å². The molecule has 0 unspecified atom stereocenters. The van der Waals surface area contributed by atoms with Crippen molar-refractivity contribution in [3.63, 3.8) is 0 Å². The van der Waals surface area contributed by atoms with Gasteiger partial charge in [-0.3, -0.25) is 14.4 Å². The van der Waals surface area contributed by atoms with Crippen LogP contribution >= 0.6 is 0 Å². The third kappa shape index (κ3) is 4.08. The summed E-state index contributed by atoms with van der Waals surface area (Å²) in [5.41, 5.74) is 3.37. The van der Waals surface area contributed by atoms with E-state index in [9.17, 15) is 9.90 Å². The Morgan fingerprint density at radius 3 is 2.41 bits per heavy atom. The molecule has 6 heteroatoms. The highest BCUT2D eigenvalue weighted by Crippen LogP contribution is 2.15. The van der Waals surface area contributed by atoms with Gasteiger partial charge in [0.25, 0.3) is 0 Å². The molecular formula is C16H28N4O2. The zero-order valence-electron chi connectivity index (χ0n) is 14.2. The van der Waals surface area contributed by atoms with Crippen LogP contribution in [0.4, 0.5) is 0 Å². The van der Waals surface area contributed by atoms with Crippen LogP contribution in [0.3, 0.4) is 0 Å². The average Bonchev–Trinajstić information content (AvgIpc) is 2.70. The quantitative estimate of drug-likeness (QED) is 0.860. The lowest BCUT2D eigenvalue weighted by Gasteiger charge is -2.35. The minimum absolute atomic E-state index is 0.222. The molecule has 1 atom stereocenters. The van der Waals surface area contributed by atoms with Crippen molar-refractivity contribution in [2.45, 2.75) is 39.7 Å². The van der Waals surface area contributed by atoms with Crippen LogP contribution in [-0.2, 0) is 18.3 Å². The van der Waals surface area contributed by atoms with Crippen LogP contribution in [0.1, 0.15) is 30.3 Å². The van der Waals surface area contributed by atoms with Crippen molar-refractivity contribution in [3.05, 3.63) is 17.0 Å². The Labute approximate surface area is 132 Å². The summed E-state index contributed by atoms with van der Waals surface area (Å²) in [5, 5.41) is 13.8. The number of nitrogens with zero attached hydrogens (tertiary/aromatic N) is 4. The number of hydrogen-bond donors (Lipinski definition) is 1. The second-order valence-corrected chi connectivity index (χ2v) is 6.30. The molecule has 0 spiro atoms. The van der Waals surface area contributed by atoms with E-state index in [1.807, 2.05) is 23.6 Å². The second-order valence-electron chi connectivity index (χ2n) is 6.30. The van der Waals surface area contributed by atoms with E-state index in [2.05, 4.69) is 16.9 Å². The van der Waals surface area contributed by atoms with Crippen LogP contribution in [0.15, 0.2) is 0 Å². The van der Waals surface area contributed by atoms with Crippen LogP contribution < -0.4 is 0 Å². The molecule has 0 saturated carbocycles. The van der Waals surface area contributed by atoms with E-state index >= 15 is 0 Å². The Kier molecular flexibility index (Phi) is 5.58. The number of amides is 1. The highest BCUT2D eigenvalue weighted by Gasteiger charge is 2.22. The third-order valence-corrected chi connectivity index (χ3v) is 4.50. The summed E-state index contributed by atoms with van der Waals surface area (Å²) in [7, 11) is 1.94. The van der Waals surface area contributed by atoms with Crippen molar-refractivity contribution >= 4 is 5.91 Å². The first-order chi connectivity index (χ1) is 10.4. The maximum atomic E-state index is 12.4. The number of piperazine rings is 1. The largest absolute Gasteiger partial charge is 0.392 e. The van der Waals surface area contributed by atoms with Gasteiger partial charge in [0.2, 0.25) is 5.91 Å². The molecule has 1 amide bonds. The molecule has 0 radical (unpaired) electrons. The van der Waals surface area contributed by atoms with Gasteiger partial charge in [0, 0.05) is 51.9 Å². The molecule has 0 aromatic carbocycles. The first-order valence-corrected chi connectivity index (χ1v) is 8.05. The number of carbonyl (C=O) groups is 1. The number of aromatic nitrogens is 2. The van der Waals surface area contributed by atoms with Crippen LogP contribution in [0.25, 0.3) is 0 Å². The molecule has 22 heavy (non-hydrogen) atoms. The third-order valence-electron chi connectivity index (χ3n) is 4.50. The highest BCUT2D eigenvalue weighted by atomic mass is 16.3. The molecule has 1 aromatic rings. The molecule has 1 saturated heterocycles. The maximum Gasteiger partial charge on any atom is 0.222 e. The lowest BCUT2D eigenvalue weighted by Crippen LogP contribution is -2.50. The fourth-order valence-corrected chi connectivity index (χ4v) is 3.12. The summed E-state index contributed by atoms with van der Waals surface area (Å²) in [4.78, 5) is 16.5. The van der Waals surface area contributed by atoms with Gasteiger partial charge in [-0.05, 0) is 32.8 Å². The zero-order chi connectivity index (χ0) is 16.3. The predicted octanol–water partition coefficient (Wildman–Crippen LogP) is 0.495. The summed E-state index contributed by atoms with van der Waals surface area (Å²) in [6, 6.07) is 0. The Morgan fingerprint density at radius 2 is 1.91 bits per heavy atom. The Hall–Kier alpha value is -1.40. The Morgan fingerprint density at radius 1 is 1.27 bits per heavy atom. The molecule has 2 heterocycles. The highest BCUT2D eigenvalue weighted by molar-refractivity contribution is 5.76. The smallest absolute Gasteiger partial charge is 0.222 e. The maximum absolute atomic E-state index is 12.4. The Balaban J connectivity index is 1.81. The van der Waals surface area contributed by atoms with E-state index < -0.39 is 0 Å². The first-order valence-electron chi connectivity index (χ1n) is 8.05. The van der Waals surface area contributed by atoms with Gasteiger partial charge in [-0.1, -0.05) is 0 Å². The van der Waals surface area contributed by atoms with E-state index in [0.29, 0.717) is 13.0 Å². The van der Waals surface area contributed by atoms with Gasteiger partial charge in [0.15, 0.2) is 0 Å². The van der Waals surface area contributed by atoms with Crippen molar-refractivity contribution < 1.29 is 9.90 Å². The summed E-state index contributed by atoms with van der Waals surface area (Å²) >= 11 is 0. The minimum atomic E-state index is -0.307. The number of aliphatic hydroxyl groups is 1. The molecule has 1 fully saturated rings. The van der Waals surface area contributed by atoms with Crippen molar-refractivity contribution in [1.82, 2.24) is 19.6 Å². The van der Waals surface area contributed by atoms with Crippen molar-refractivity contribution in [1.29, 1.82) is 0 Å². The number of aryl methyl sites for hydroxylation is 2. The number of rotatable bonds is 5. The summed E-state index contributed by atoms with van der Waals surface area (Å²) in [6.07, 6.45) is 1.00. The molecular weight excluding hydrogens is 280 g/mol. The van der Waals surface area contributed by atoms with Crippen molar-refractivity contribution in [2.24, 2.45) is 7.05 Å². The van der Waals surface area contributed by atoms with Gasteiger partial charge in [-0.25, -0.2) is 0 Å².